The zero-order chi connectivity index (χ0) is 91.8. The summed E-state index contributed by atoms with van der Waals surface area (Å²) in [7, 11) is 1.58. The number of para-hydroxylation sites is 6. The van der Waals surface area contributed by atoms with Crippen LogP contribution in [0.4, 0.5) is 39.5 Å². The van der Waals surface area contributed by atoms with Crippen molar-refractivity contribution in [1.29, 1.82) is 0 Å². The first kappa shape index (κ1) is 95.3. The van der Waals surface area contributed by atoms with Gasteiger partial charge in [-0.15, -0.1) is 0 Å². The molecule has 12 aromatic carbocycles. The van der Waals surface area contributed by atoms with Gasteiger partial charge >= 0.3 is 12.4 Å². The van der Waals surface area contributed by atoms with Gasteiger partial charge in [0.15, 0.2) is 0 Å². The second-order valence-electron chi connectivity index (χ2n) is 32.4. The summed E-state index contributed by atoms with van der Waals surface area (Å²) in [6.45, 7) is 11.9. The van der Waals surface area contributed by atoms with Crippen molar-refractivity contribution >= 4 is 23.2 Å². The van der Waals surface area contributed by atoms with Gasteiger partial charge in [-0.3, -0.25) is 0 Å². The van der Waals surface area contributed by atoms with Crippen LogP contribution in [0.1, 0.15) is 107 Å². The molecule has 678 valence electrons. The minimum atomic E-state index is -4.65. The number of nitrogens with two attached hydrogens (primary N) is 6. The Kier molecular flexibility index (Phi) is 32.1. The van der Waals surface area contributed by atoms with Crippen molar-refractivity contribution in [1.82, 2.24) is 0 Å². The Hall–Kier alpha value is -11.3. The quantitative estimate of drug-likeness (QED) is 0.0525. The first-order valence-electron chi connectivity index (χ1n) is 43.4. The van der Waals surface area contributed by atoms with Crippen LogP contribution in [-0.4, -0.2) is 89.6 Å². The van der Waals surface area contributed by atoms with Crippen molar-refractivity contribution in [2.75, 3.05) is 53.0 Å². The van der Waals surface area contributed by atoms with E-state index in [1.807, 2.05) is 67.6 Å². The van der Waals surface area contributed by atoms with Gasteiger partial charge in [-0.25, -0.2) is 13.2 Å². The van der Waals surface area contributed by atoms with Gasteiger partial charge in [0, 0.05) is 94.4 Å². The molecule has 0 aliphatic carbocycles. The molecule has 0 spiro atoms. The topological polar surface area (TPSA) is 230 Å². The van der Waals surface area contributed by atoms with E-state index in [1.165, 1.54) is 62.7 Å². The molecule has 129 heavy (non-hydrogen) atoms. The summed E-state index contributed by atoms with van der Waals surface area (Å²) < 4.78 is 166. The van der Waals surface area contributed by atoms with Gasteiger partial charge in [-0.1, -0.05) is 186 Å². The first-order valence-corrected chi connectivity index (χ1v) is 44.2. The second-order valence-corrected chi connectivity index (χ2v) is 33.2. The summed E-state index contributed by atoms with van der Waals surface area (Å²) in [6.07, 6.45) is 1.67. The zero-order valence-corrected chi connectivity index (χ0v) is 74.1. The van der Waals surface area contributed by atoms with Gasteiger partial charge in [-0.05, 0) is 227 Å². The molecule has 6 atom stereocenters. The highest BCUT2D eigenvalue weighted by molar-refractivity contribution is 6.33. The number of rotatable bonds is 15. The molecule has 0 saturated carbocycles. The Morgan fingerprint density at radius 2 is 0.667 bits per heavy atom. The molecule has 14 nitrogen and oxygen atoms in total. The number of aryl methyl sites for hydroxylation is 9. The van der Waals surface area contributed by atoms with E-state index in [0.717, 1.165) is 163 Å². The fourth-order valence-electron chi connectivity index (χ4n) is 16.9. The fourth-order valence-corrected chi connectivity index (χ4v) is 17.3. The van der Waals surface area contributed by atoms with Gasteiger partial charge in [0.1, 0.15) is 100 Å². The Bertz CT molecular complexity index is 5900. The summed E-state index contributed by atoms with van der Waals surface area (Å²) in [5.74, 6) is 4.53. The van der Waals surface area contributed by atoms with Crippen LogP contribution in [0.2, 0.25) is 10.0 Å². The van der Waals surface area contributed by atoms with E-state index in [0.29, 0.717) is 103 Å². The summed E-state index contributed by atoms with van der Waals surface area (Å²) in [6, 6.07) is 63.5. The largest absolute Gasteiger partial charge is 0.496 e. The highest BCUT2D eigenvalue weighted by atomic mass is 35.5. The standard InChI is InChI=1S/C19H23NO2.C18H21NO.C17H15ClF3NO.C17H15F4NO.C17H18FNO2.C16H15ClFNO/c1-3-21-15-9-10-17(13(2)11-15)18-6-4-5-14-7-8-16(12-20)22-19(14)18;1-12-6-9-16(13(2)10-12)17-5-3-4-14-7-8-15(11-19)20-18(14)17;18-15-8-11(17(19,20)21)5-7-13(15)14-3-1-2-10-4-6-12(9-22)23-16(10)14;18-11-5-7-13(15(8-11)17(19,20)21)14-3-1-2-10-4-6-12(9-22)23-16(10)14;1-20-16-8-6-12(18)9-15(16)14-4-2-3-11-5-7-13(10-19)21-17(11)14;17-14-6-2-4-12(15(14)18)13-5-1-3-10-7-8-11(9-19)20-16(10)13/h4-6,9-11,16H,3,7-8,12,20H2,1-2H3;3-6,9-10,15H,7-8,11,19H2,1-2H3;2*1-3,5,7-8,12H,4,6,9,22H2;2-4,6,8-9,13H,5,7,10,19H2,1H3;1-6,11H,7-9,19H2/t16-;15-;2*12-;13-;11-/m111111/s1. The monoisotopic (exact) mass is 1810 g/mol. The third-order valence-corrected chi connectivity index (χ3v) is 24.2. The molecule has 0 bridgehead atoms. The summed E-state index contributed by atoms with van der Waals surface area (Å²) in [4.78, 5) is 0. The molecule has 25 heteroatoms. The van der Waals surface area contributed by atoms with Crippen molar-refractivity contribution in [2.45, 2.75) is 154 Å². The molecule has 12 N–H and O–H groups in total. The van der Waals surface area contributed by atoms with Crippen molar-refractivity contribution < 1.29 is 77.4 Å². The average molecular weight is 1810 g/mol. The molecule has 18 rings (SSSR count). The third kappa shape index (κ3) is 23.0. The highest BCUT2D eigenvalue weighted by Crippen LogP contribution is 2.49. The molecule has 0 aromatic heterocycles. The summed E-state index contributed by atoms with van der Waals surface area (Å²) in [5.41, 5.74) is 51.9. The summed E-state index contributed by atoms with van der Waals surface area (Å²) in [5, 5.41) is 0.165. The van der Waals surface area contributed by atoms with Crippen LogP contribution >= 0.6 is 23.2 Å². The molecule has 12 aromatic rings. The van der Waals surface area contributed by atoms with Crippen molar-refractivity contribution in [2.24, 2.45) is 34.4 Å². The van der Waals surface area contributed by atoms with Crippen LogP contribution in [-0.2, 0) is 50.9 Å². The van der Waals surface area contributed by atoms with Crippen molar-refractivity contribution in [3.63, 3.8) is 0 Å². The lowest BCUT2D eigenvalue weighted by Gasteiger charge is -2.27. The van der Waals surface area contributed by atoms with Gasteiger partial charge < -0.3 is 72.3 Å². The minimum Gasteiger partial charge on any atom is -0.496 e. The molecule has 6 aliphatic heterocycles. The van der Waals surface area contributed by atoms with Gasteiger partial charge in [0.2, 0.25) is 0 Å². The zero-order valence-electron chi connectivity index (χ0n) is 72.6. The van der Waals surface area contributed by atoms with E-state index in [2.05, 4.69) is 87.5 Å². The SMILES string of the molecule is CCOc1ccc(-c2cccc3c2O[C@@H](CN)CC3)c(C)c1.COc1ccc(F)cc1-c1cccc2c1O[C@@H](CN)CC2.Cc1ccc(-c2cccc3c2O[C@@H](CN)CC3)c(C)c1.NC[C@H]1CCc2cccc(-c3ccc(C(F)(F)F)cc3Cl)c2O1.NC[C@H]1CCc2cccc(-c3ccc(F)cc3C(F)(F)F)c2O1.NC[C@H]1CCc2cccc(-c3cccc(Cl)c3F)c2O1. The molecule has 0 saturated heterocycles. The van der Waals surface area contributed by atoms with Crippen LogP contribution in [0.15, 0.2) is 218 Å². The van der Waals surface area contributed by atoms with Crippen LogP contribution in [0.25, 0.3) is 66.8 Å². The van der Waals surface area contributed by atoms with Crippen LogP contribution < -0.4 is 72.3 Å². The molecule has 6 aliphatic rings. The maximum atomic E-state index is 14.2. The maximum Gasteiger partial charge on any atom is 0.417 e. The van der Waals surface area contributed by atoms with E-state index in [4.69, 9.17) is 95.5 Å². The minimum absolute atomic E-state index is 0.00843. The second kappa shape index (κ2) is 43.4. The molecular weight excluding hydrogens is 1700 g/mol. The normalized spacial score (nSPS) is 17.3. The average Bonchev–Trinajstić information content (AvgIpc) is 0.762. The van der Waals surface area contributed by atoms with Crippen molar-refractivity contribution in [3.05, 3.63) is 307 Å². The molecular formula is C104H107Cl2F9N6O8. The fraction of sp³-hybridized carbons (Fsp3) is 0.308. The first-order chi connectivity index (χ1) is 62.1. The van der Waals surface area contributed by atoms with E-state index >= 15 is 0 Å². The Morgan fingerprint density at radius 1 is 0.333 bits per heavy atom. The Morgan fingerprint density at radius 3 is 1.03 bits per heavy atom. The molecule has 6 heterocycles. The van der Waals surface area contributed by atoms with Crippen LogP contribution in [0.3, 0.4) is 0 Å². The maximum absolute atomic E-state index is 14.2. The molecule has 0 amide bonds. The van der Waals surface area contributed by atoms with Crippen molar-refractivity contribution in [3.8, 4) is 113 Å². The van der Waals surface area contributed by atoms with Crippen LogP contribution in [0, 0.1) is 38.2 Å². The van der Waals surface area contributed by atoms with E-state index in [9.17, 15) is 39.5 Å². The number of fused-ring (bicyclic) bond motifs is 6. The lowest BCUT2D eigenvalue weighted by molar-refractivity contribution is -0.138. The Labute approximate surface area is 757 Å². The number of hydrogen-bond acceptors (Lipinski definition) is 14. The predicted octanol–water partition coefficient (Wildman–Crippen LogP) is 23.1. The van der Waals surface area contributed by atoms with Crippen LogP contribution in [0.5, 0.6) is 46.0 Å². The summed E-state index contributed by atoms with van der Waals surface area (Å²) >= 11 is 12.0. The van der Waals surface area contributed by atoms with Gasteiger partial charge in [-0.2, -0.15) is 26.3 Å². The molecule has 0 fully saturated rings. The number of benzene rings is 12. The number of ether oxygens (including phenoxy) is 8. The van der Waals surface area contributed by atoms with E-state index in [1.54, 1.807) is 49.6 Å². The Balaban J connectivity index is 0.000000132. The highest BCUT2D eigenvalue weighted by Gasteiger charge is 2.37. The predicted molar refractivity (Wildman–Crippen MR) is 494 cm³/mol. The van der Waals surface area contributed by atoms with E-state index in [-0.39, 0.29) is 58.0 Å². The number of halogens is 11. The lowest BCUT2D eigenvalue weighted by Crippen LogP contribution is -2.30. The van der Waals surface area contributed by atoms with Gasteiger partial charge in [0.05, 0.1) is 29.9 Å². The third-order valence-electron chi connectivity index (χ3n) is 23.6. The van der Waals surface area contributed by atoms with E-state index < -0.39 is 35.1 Å². The lowest BCUT2D eigenvalue weighted by atomic mass is 9.93. The number of methoxy groups -OCH3 is 1. The number of alkyl halides is 6. The number of hydrogen-bond donors (Lipinski definition) is 6. The smallest absolute Gasteiger partial charge is 0.417 e. The molecule has 0 unspecified atom stereocenters. The van der Waals surface area contributed by atoms with Gasteiger partial charge in [0.25, 0.3) is 0 Å². The molecule has 0 radical (unpaired) electrons.